The molecule has 0 saturated heterocycles. The van der Waals surface area contributed by atoms with Crippen LogP contribution in [0.2, 0.25) is 0 Å². The topological polar surface area (TPSA) is 62.1 Å². The van der Waals surface area contributed by atoms with Crippen molar-refractivity contribution in [1.82, 2.24) is 5.32 Å². The second kappa shape index (κ2) is 5.50. The molecule has 1 rings (SSSR count). The molecule has 18 heavy (non-hydrogen) atoms. The van der Waals surface area contributed by atoms with Crippen LogP contribution in [0.3, 0.4) is 0 Å². The Morgan fingerprint density at radius 1 is 1.56 bits per heavy atom. The van der Waals surface area contributed by atoms with E-state index in [-0.39, 0.29) is 12.2 Å². The van der Waals surface area contributed by atoms with Crippen LogP contribution < -0.4 is 10.1 Å². The molecule has 0 unspecified atom stereocenters. The lowest BCUT2D eigenvalue weighted by Crippen LogP contribution is -2.40. The highest BCUT2D eigenvalue weighted by molar-refractivity contribution is 5.78. The molecule has 0 aliphatic carbocycles. The van der Waals surface area contributed by atoms with Crippen molar-refractivity contribution in [1.29, 1.82) is 5.26 Å². The van der Waals surface area contributed by atoms with Crippen LogP contribution in [0.5, 0.6) is 5.75 Å². The van der Waals surface area contributed by atoms with Gasteiger partial charge in [-0.05, 0) is 31.5 Å². The van der Waals surface area contributed by atoms with Crippen molar-refractivity contribution in [2.24, 2.45) is 0 Å². The fourth-order valence-electron chi connectivity index (χ4n) is 1.59. The van der Waals surface area contributed by atoms with Crippen LogP contribution in [0.4, 0.5) is 4.39 Å². The molecule has 0 heterocycles. The minimum atomic E-state index is -0.749. The van der Waals surface area contributed by atoms with Crippen LogP contribution in [0, 0.1) is 17.1 Å². The number of nitrogens with zero attached hydrogens (tertiary/aromatic N) is 1. The number of hydrogen-bond acceptors (Lipinski definition) is 3. The highest BCUT2D eigenvalue weighted by Gasteiger charge is 2.23. The lowest BCUT2D eigenvalue weighted by Gasteiger charge is -2.26. The number of benzene rings is 1. The Balaban J connectivity index is 2.95. The van der Waals surface area contributed by atoms with Gasteiger partial charge in [-0.1, -0.05) is 6.07 Å². The summed E-state index contributed by atoms with van der Waals surface area (Å²) in [6.07, 6.45) is -0.220. The van der Waals surface area contributed by atoms with Crippen LogP contribution in [-0.2, 0) is 10.3 Å². The summed E-state index contributed by atoms with van der Waals surface area (Å²) in [6.45, 7) is 3.48. The molecule has 0 atom stereocenters. The standard InChI is InChI=1S/C13H15FN2O2/c1-13(2,16-12(17)6-7-15)9-4-5-11(18-3)10(14)8-9/h4-5,8H,6H2,1-3H3,(H,16,17). The Morgan fingerprint density at radius 2 is 2.22 bits per heavy atom. The van der Waals surface area contributed by atoms with E-state index >= 15 is 0 Å². The van der Waals surface area contributed by atoms with Gasteiger partial charge in [0.2, 0.25) is 5.91 Å². The van der Waals surface area contributed by atoms with Gasteiger partial charge in [0, 0.05) is 0 Å². The van der Waals surface area contributed by atoms with E-state index < -0.39 is 17.3 Å². The quantitative estimate of drug-likeness (QED) is 0.890. The molecule has 1 aromatic carbocycles. The molecule has 0 spiro atoms. The Kier molecular flexibility index (Phi) is 4.27. The largest absolute Gasteiger partial charge is 0.494 e. The summed E-state index contributed by atoms with van der Waals surface area (Å²) in [5.74, 6) is -0.728. The van der Waals surface area contributed by atoms with Crippen LogP contribution in [0.25, 0.3) is 0 Å². The lowest BCUT2D eigenvalue weighted by molar-refractivity contribution is -0.121. The van der Waals surface area contributed by atoms with Crippen LogP contribution in [0.15, 0.2) is 18.2 Å². The molecule has 0 aliphatic heterocycles. The number of halogens is 1. The first-order valence-electron chi connectivity index (χ1n) is 5.42. The summed E-state index contributed by atoms with van der Waals surface area (Å²) >= 11 is 0. The van der Waals surface area contributed by atoms with E-state index in [2.05, 4.69) is 5.32 Å². The fraction of sp³-hybridized carbons (Fsp3) is 0.385. The van der Waals surface area contributed by atoms with Crippen LogP contribution >= 0.6 is 0 Å². The zero-order valence-corrected chi connectivity index (χ0v) is 10.6. The summed E-state index contributed by atoms with van der Waals surface area (Å²) in [5.41, 5.74) is -0.145. The Labute approximate surface area is 105 Å². The van der Waals surface area contributed by atoms with E-state index in [1.54, 1.807) is 26.0 Å². The molecule has 0 bridgehead atoms. The maximum absolute atomic E-state index is 13.6. The second-order valence-electron chi connectivity index (χ2n) is 4.36. The van der Waals surface area contributed by atoms with E-state index in [1.165, 1.54) is 19.2 Å². The molecular weight excluding hydrogens is 235 g/mol. The second-order valence-corrected chi connectivity index (χ2v) is 4.36. The molecule has 1 aromatic rings. The van der Waals surface area contributed by atoms with E-state index in [0.717, 1.165) is 0 Å². The molecule has 0 saturated carbocycles. The van der Waals surface area contributed by atoms with E-state index in [9.17, 15) is 9.18 Å². The number of ether oxygens (including phenoxy) is 1. The van der Waals surface area contributed by atoms with Gasteiger partial charge < -0.3 is 10.1 Å². The smallest absolute Gasteiger partial charge is 0.234 e. The van der Waals surface area contributed by atoms with Crippen molar-refractivity contribution in [2.45, 2.75) is 25.8 Å². The summed E-state index contributed by atoms with van der Waals surface area (Å²) < 4.78 is 18.4. The fourth-order valence-corrected chi connectivity index (χ4v) is 1.59. The van der Waals surface area contributed by atoms with E-state index in [0.29, 0.717) is 5.56 Å². The molecule has 0 radical (unpaired) electrons. The third kappa shape index (κ3) is 3.20. The van der Waals surface area contributed by atoms with Gasteiger partial charge in [0.15, 0.2) is 11.6 Å². The molecule has 0 aliphatic rings. The SMILES string of the molecule is COc1ccc(C(C)(C)NC(=O)CC#N)cc1F. The maximum Gasteiger partial charge on any atom is 0.234 e. The van der Waals surface area contributed by atoms with Gasteiger partial charge in [-0.2, -0.15) is 5.26 Å². The number of nitrogens with one attached hydrogen (secondary N) is 1. The molecule has 0 aromatic heterocycles. The number of carbonyl (C=O) groups excluding carboxylic acids is 1. The Morgan fingerprint density at radius 3 is 2.72 bits per heavy atom. The van der Waals surface area contributed by atoms with Crippen LogP contribution in [0.1, 0.15) is 25.8 Å². The molecule has 4 nitrogen and oxygen atoms in total. The first-order chi connectivity index (χ1) is 8.40. The number of carbonyl (C=O) groups is 1. The van der Waals surface area contributed by atoms with E-state index in [1.807, 2.05) is 0 Å². The summed E-state index contributed by atoms with van der Waals surface area (Å²) in [5, 5.41) is 11.1. The van der Waals surface area contributed by atoms with Crippen molar-refractivity contribution in [3.8, 4) is 11.8 Å². The number of hydrogen-bond donors (Lipinski definition) is 1. The monoisotopic (exact) mass is 250 g/mol. The zero-order valence-electron chi connectivity index (χ0n) is 10.6. The molecule has 96 valence electrons. The van der Waals surface area contributed by atoms with Gasteiger partial charge >= 0.3 is 0 Å². The molecule has 1 N–H and O–H groups in total. The average Bonchev–Trinajstić information content (AvgIpc) is 2.28. The van der Waals surface area contributed by atoms with Crippen molar-refractivity contribution in [3.05, 3.63) is 29.6 Å². The molecule has 1 amide bonds. The highest BCUT2D eigenvalue weighted by atomic mass is 19.1. The molecule has 0 fully saturated rings. The van der Waals surface area contributed by atoms with Gasteiger partial charge in [-0.15, -0.1) is 0 Å². The maximum atomic E-state index is 13.6. The number of amides is 1. The van der Waals surface area contributed by atoms with Gasteiger partial charge in [0.25, 0.3) is 0 Å². The summed E-state index contributed by atoms with van der Waals surface area (Å²) in [4.78, 5) is 11.4. The van der Waals surface area contributed by atoms with Gasteiger partial charge in [-0.3, -0.25) is 4.79 Å². The van der Waals surface area contributed by atoms with Crippen molar-refractivity contribution in [2.75, 3.05) is 7.11 Å². The minimum Gasteiger partial charge on any atom is -0.494 e. The number of methoxy groups -OCH3 is 1. The van der Waals surface area contributed by atoms with Crippen LogP contribution in [-0.4, -0.2) is 13.0 Å². The van der Waals surface area contributed by atoms with Crippen molar-refractivity contribution in [3.63, 3.8) is 0 Å². The first kappa shape index (κ1) is 14.0. The number of nitriles is 1. The number of rotatable bonds is 4. The zero-order chi connectivity index (χ0) is 13.8. The summed E-state index contributed by atoms with van der Waals surface area (Å²) in [6, 6.07) is 6.25. The molecular formula is C13H15FN2O2. The minimum absolute atomic E-state index is 0.151. The predicted molar refractivity (Wildman–Crippen MR) is 64.4 cm³/mol. The first-order valence-corrected chi connectivity index (χ1v) is 5.42. The predicted octanol–water partition coefficient (Wildman–Crippen LogP) is 2.10. The highest BCUT2D eigenvalue weighted by Crippen LogP contribution is 2.25. The van der Waals surface area contributed by atoms with Gasteiger partial charge in [0.1, 0.15) is 6.42 Å². The normalized spacial score (nSPS) is 10.6. The Hall–Kier alpha value is -2.09. The summed E-state index contributed by atoms with van der Waals surface area (Å²) in [7, 11) is 1.39. The van der Waals surface area contributed by atoms with Gasteiger partial charge in [-0.25, -0.2) is 4.39 Å². The molecule has 5 heteroatoms. The van der Waals surface area contributed by atoms with E-state index in [4.69, 9.17) is 10.00 Å². The van der Waals surface area contributed by atoms with Crippen molar-refractivity contribution >= 4 is 5.91 Å². The Bertz CT molecular complexity index is 492. The third-order valence-electron chi connectivity index (χ3n) is 2.57. The van der Waals surface area contributed by atoms with Crippen molar-refractivity contribution < 1.29 is 13.9 Å². The lowest BCUT2D eigenvalue weighted by atomic mass is 9.94. The average molecular weight is 250 g/mol. The van der Waals surface area contributed by atoms with Gasteiger partial charge in [0.05, 0.1) is 18.7 Å². The third-order valence-corrected chi connectivity index (χ3v) is 2.57.